The van der Waals surface area contributed by atoms with Crippen molar-refractivity contribution in [3.05, 3.63) is 0 Å². The molecule has 2 atom stereocenters. The molecule has 0 amide bonds. The summed E-state index contributed by atoms with van der Waals surface area (Å²) in [6.45, 7) is 6.56. The highest BCUT2D eigenvalue weighted by Crippen LogP contribution is 2.17. The Morgan fingerprint density at radius 2 is 0.963 bits per heavy atom. The molecular formula is C25H49NO. The first-order valence-electron chi connectivity index (χ1n) is 12.5. The topological polar surface area (TPSA) is 21.6 Å². The third-order valence-corrected chi connectivity index (χ3v) is 6.09. The van der Waals surface area contributed by atoms with E-state index in [4.69, 9.17) is 4.74 Å². The summed E-state index contributed by atoms with van der Waals surface area (Å²) in [5.41, 5.74) is 0. The largest absolute Gasteiger partial charge is 0.476 e. The van der Waals surface area contributed by atoms with Crippen LogP contribution in [0.3, 0.4) is 0 Å². The van der Waals surface area contributed by atoms with Crippen LogP contribution in [0.15, 0.2) is 4.99 Å². The SMILES string of the molecule is CCCCCCCCCCCCCCCCCCCCC1=NC(C)C(C)O1. The van der Waals surface area contributed by atoms with Gasteiger partial charge in [0.1, 0.15) is 6.10 Å². The molecule has 0 radical (unpaired) electrons. The summed E-state index contributed by atoms with van der Waals surface area (Å²) in [7, 11) is 0. The zero-order chi connectivity index (χ0) is 19.6. The summed E-state index contributed by atoms with van der Waals surface area (Å²) in [6.07, 6.45) is 27.1. The van der Waals surface area contributed by atoms with E-state index in [1.165, 1.54) is 116 Å². The molecular weight excluding hydrogens is 330 g/mol. The van der Waals surface area contributed by atoms with E-state index in [0.717, 1.165) is 12.3 Å². The molecule has 2 nitrogen and oxygen atoms in total. The zero-order valence-electron chi connectivity index (χ0n) is 18.9. The average molecular weight is 380 g/mol. The molecule has 0 spiro atoms. The van der Waals surface area contributed by atoms with Crippen LogP contribution in [0, 0.1) is 0 Å². The van der Waals surface area contributed by atoms with E-state index in [0.29, 0.717) is 6.04 Å². The average Bonchev–Trinajstić information content (AvgIpc) is 2.98. The van der Waals surface area contributed by atoms with E-state index >= 15 is 0 Å². The second-order valence-electron chi connectivity index (χ2n) is 8.85. The first-order chi connectivity index (χ1) is 13.2. The molecule has 0 aromatic heterocycles. The minimum Gasteiger partial charge on any atom is -0.476 e. The summed E-state index contributed by atoms with van der Waals surface area (Å²) in [5.74, 6) is 1.01. The molecule has 160 valence electrons. The van der Waals surface area contributed by atoms with E-state index in [9.17, 15) is 0 Å². The number of unbranched alkanes of at least 4 members (excludes halogenated alkanes) is 17. The number of hydrogen-bond acceptors (Lipinski definition) is 2. The fraction of sp³-hybridized carbons (Fsp3) is 0.960. The lowest BCUT2D eigenvalue weighted by Crippen LogP contribution is -2.14. The van der Waals surface area contributed by atoms with Crippen LogP contribution in [0.2, 0.25) is 0 Å². The third kappa shape index (κ3) is 14.2. The fourth-order valence-corrected chi connectivity index (χ4v) is 3.98. The number of hydrogen-bond donors (Lipinski definition) is 0. The van der Waals surface area contributed by atoms with Crippen molar-refractivity contribution in [2.75, 3.05) is 0 Å². The van der Waals surface area contributed by atoms with E-state index in [1.807, 2.05) is 0 Å². The number of aliphatic imine (C=N–C) groups is 1. The van der Waals surface area contributed by atoms with E-state index in [1.54, 1.807) is 0 Å². The van der Waals surface area contributed by atoms with Gasteiger partial charge < -0.3 is 4.74 Å². The molecule has 0 aromatic rings. The zero-order valence-corrected chi connectivity index (χ0v) is 18.9. The van der Waals surface area contributed by atoms with Crippen LogP contribution >= 0.6 is 0 Å². The Labute approximate surface area is 171 Å². The molecule has 0 bridgehead atoms. The fourth-order valence-electron chi connectivity index (χ4n) is 3.98. The highest BCUT2D eigenvalue weighted by Gasteiger charge is 2.21. The molecule has 2 unspecified atom stereocenters. The lowest BCUT2D eigenvalue weighted by molar-refractivity contribution is 0.213. The number of rotatable bonds is 19. The Balaban J connectivity index is 1.69. The van der Waals surface area contributed by atoms with E-state index in [2.05, 4.69) is 25.8 Å². The number of ether oxygens (including phenoxy) is 1. The second kappa shape index (κ2) is 17.6. The summed E-state index contributed by atoms with van der Waals surface area (Å²) in [4.78, 5) is 4.58. The molecule has 0 saturated heterocycles. The smallest absolute Gasteiger partial charge is 0.183 e. The van der Waals surface area contributed by atoms with Crippen LogP contribution in [0.25, 0.3) is 0 Å². The van der Waals surface area contributed by atoms with Crippen LogP contribution in [-0.4, -0.2) is 18.0 Å². The van der Waals surface area contributed by atoms with Gasteiger partial charge in [0.05, 0.1) is 6.04 Å². The van der Waals surface area contributed by atoms with Gasteiger partial charge in [-0.15, -0.1) is 0 Å². The van der Waals surface area contributed by atoms with Gasteiger partial charge in [-0.1, -0.05) is 116 Å². The highest BCUT2D eigenvalue weighted by molar-refractivity contribution is 5.77. The summed E-state index contributed by atoms with van der Waals surface area (Å²) >= 11 is 0. The van der Waals surface area contributed by atoms with E-state index in [-0.39, 0.29) is 6.10 Å². The Morgan fingerprint density at radius 1 is 0.593 bits per heavy atom. The monoisotopic (exact) mass is 379 g/mol. The second-order valence-corrected chi connectivity index (χ2v) is 8.85. The van der Waals surface area contributed by atoms with Crippen molar-refractivity contribution in [1.29, 1.82) is 0 Å². The highest BCUT2D eigenvalue weighted by atomic mass is 16.5. The predicted octanol–water partition coefficient (Wildman–Crippen LogP) is 8.62. The Morgan fingerprint density at radius 3 is 1.30 bits per heavy atom. The Hall–Kier alpha value is -0.530. The van der Waals surface area contributed by atoms with Crippen molar-refractivity contribution in [3.63, 3.8) is 0 Å². The molecule has 0 fully saturated rings. The van der Waals surface area contributed by atoms with Crippen LogP contribution in [0.4, 0.5) is 0 Å². The standard InChI is InChI=1S/C25H49NO/c1-4-5-6-7-8-9-10-11-12-13-14-15-16-17-18-19-20-21-22-25-26-23(2)24(3)27-25/h23-24H,4-22H2,1-3H3. The quantitative estimate of drug-likeness (QED) is 0.206. The molecule has 1 aliphatic heterocycles. The van der Waals surface area contributed by atoms with Crippen molar-refractivity contribution < 1.29 is 4.74 Å². The van der Waals surface area contributed by atoms with Crippen LogP contribution < -0.4 is 0 Å². The maximum absolute atomic E-state index is 5.76. The lowest BCUT2D eigenvalue weighted by atomic mass is 10.0. The summed E-state index contributed by atoms with van der Waals surface area (Å²) in [5, 5.41) is 0. The predicted molar refractivity (Wildman–Crippen MR) is 121 cm³/mol. The maximum Gasteiger partial charge on any atom is 0.183 e. The molecule has 0 aromatic carbocycles. The summed E-state index contributed by atoms with van der Waals surface area (Å²) in [6, 6.07) is 0.357. The van der Waals surface area contributed by atoms with Crippen molar-refractivity contribution in [2.45, 2.75) is 155 Å². The molecule has 1 rings (SSSR count). The van der Waals surface area contributed by atoms with Crippen molar-refractivity contribution >= 4 is 5.90 Å². The Kier molecular flexibility index (Phi) is 15.9. The van der Waals surface area contributed by atoms with Gasteiger partial charge in [0, 0.05) is 6.42 Å². The van der Waals surface area contributed by atoms with Gasteiger partial charge in [-0.2, -0.15) is 0 Å². The molecule has 0 saturated carbocycles. The van der Waals surface area contributed by atoms with Gasteiger partial charge in [-0.05, 0) is 20.3 Å². The minimum absolute atomic E-state index is 0.288. The molecule has 0 N–H and O–H groups in total. The first kappa shape index (κ1) is 24.5. The lowest BCUT2D eigenvalue weighted by Gasteiger charge is -2.07. The maximum atomic E-state index is 5.76. The molecule has 27 heavy (non-hydrogen) atoms. The summed E-state index contributed by atoms with van der Waals surface area (Å²) < 4.78 is 5.76. The molecule has 2 heteroatoms. The van der Waals surface area contributed by atoms with Crippen LogP contribution in [-0.2, 0) is 4.74 Å². The molecule has 1 aliphatic rings. The minimum atomic E-state index is 0.288. The molecule has 0 aliphatic carbocycles. The third-order valence-electron chi connectivity index (χ3n) is 6.09. The van der Waals surface area contributed by atoms with Gasteiger partial charge >= 0.3 is 0 Å². The van der Waals surface area contributed by atoms with Gasteiger partial charge in [0.25, 0.3) is 0 Å². The van der Waals surface area contributed by atoms with Crippen molar-refractivity contribution in [2.24, 2.45) is 4.99 Å². The van der Waals surface area contributed by atoms with Gasteiger partial charge in [0.15, 0.2) is 5.90 Å². The van der Waals surface area contributed by atoms with E-state index < -0.39 is 0 Å². The number of nitrogens with zero attached hydrogens (tertiary/aromatic N) is 1. The van der Waals surface area contributed by atoms with Crippen LogP contribution in [0.5, 0.6) is 0 Å². The normalized spacial score (nSPS) is 19.3. The van der Waals surface area contributed by atoms with Crippen molar-refractivity contribution in [3.8, 4) is 0 Å². The van der Waals surface area contributed by atoms with Gasteiger partial charge in [-0.25, -0.2) is 4.99 Å². The first-order valence-corrected chi connectivity index (χ1v) is 12.5. The molecule has 1 heterocycles. The van der Waals surface area contributed by atoms with Crippen LogP contribution in [0.1, 0.15) is 143 Å². The Bertz CT molecular complexity index is 352. The van der Waals surface area contributed by atoms with Gasteiger partial charge in [-0.3, -0.25) is 0 Å². The van der Waals surface area contributed by atoms with Gasteiger partial charge in [0.2, 0.25) is 0 Å². The van der Waals surface area contributed by atoms with Crippen molar-refractivity contribution in [1.82, 2.24) is 0 Å².